The maximum absolute atomic E-state index is 11.2. The second-order valence-electron chi connectivity index (χ2n) is 4.40. The van der Waals surface area contributed by atoms with E-state index in [2.05, 4.69) is 5.10 Å². The van der Waals surface area contributed by atoms with Gasteiger partial charge >= 0.3 is 0 Å². The minimum atomic E-state index is -0.844. The molecule has 0 spiro atoms. The van der Waals surface area contributed by atoms with Crippen LogP contribution in [0.5, 0.6) is 0 Å². The number of benzene rings is 2. The maximum atomic E-state index is 11.2. The van der Waals surface area contributed by atoms with Crippen molar-refractivity contribution in [1.82, 2.24) is 0 Å². The number of hydrazone groups is 1. The van der Waals surface area contributed by atoms with E-state index < -0.39 is 10.8 Å². The van der Waals surface area contributed by atoms with E-state index in [1.54, 1.807) is 18.4 Å². The first kappa shape index (κ1) is 14.8. The van der Waals surface area contributed by atoms with Gasteiger partial charge in [0, 0.05) is 39.0 Å². The fraction of sp³-hybridized carbons (Fsp3) is 0.133. The van der Waals surface area contributed by atoms with Crippen molar-refractivity contribution in [2.45, 2.75) is 5.75 Å². The third-order valence-corrected chi connectivity index (χ3v) is 3.84. The predicted molar refractivity (Wildman–Crippen MR) is 85.5 cm³/mol. The average Bonchev–Trinajstić information content (AvgIpc) is 2.43. The van der Waals surface area contributed by atoms with Gasteiger partial charge in [0.2, 0.25) is 0 Å². The van der Waals surface area contributed by atoms with Gasteiger partial charge in [0.1, 0.15) is 0 Å². The minimum absolute atomic E-state index is 0.552. The van der Waals surface area contributed by atoms with Crippen molar-refractivity contribution in [2.75, 3.05) is 6.26 Å². The Bertz CT molecular complexity index is 636. The number of hydrogen-bond donors (Lipinski definition) is 1. The Morgan fingerprint density at radius 1 is 1.10 bits per heavy atom. The monoisotopic (exact) mass is 306 g/mol. The molecule has 0 saturated heterocycles. The highest BCUT2D eigenvalue weighted by Gasteiger charge is 2.07. The molecule has 0 radical (unpaired) electrons. The van der Waals surface area contributed by atoms with Crippen LogP contribution >= 0.6 is 11.6 Å². The molecule has 0 amide bonds. The van der Waals surface area contributed by atoms with Crippen molar-refractivity contribution >= 4 is 28.1 Å². The highest BCUT2D eigenvalue weighted by Crippen LogP contribution is 2.15. The van der Waals surface area contributed by atoms with E-state index in [1.165, 1.54) is 0 Å². The fourth-order valence-electron chi connectivity index (χ4n) is 1.92. The standard InChI is InChI=1S/C15H15ClN2OS/c1-20(19)10-11-2-4-12(5-3-11)15(18-17)13-6-8-14(16)9-7-13/h2-9H,10,17H2,1H3. The van der Waals surface area contributed by atoms with Gasteiger partial charge < -0.3 is 5.84 Å². The van der Waals surface area contributed by atoms with Gasteiger partial charge in [-0.2, -0.15) is 5.10 Å². The Morgan fingerprint density at radius 3 is 2.05 bits per heavy atom. The summed E-state index contributed by atoms with van der Waals surface area (Å²) >= 11 is 5.87. The molecule has 104 valence electrons. The average molecular weight is 307 g/mol. The van der Waals surface area contributed by atoms with Gasteiger partial charge in [0.15, 0.2) is 0 Å². The molecule has 0 aromatic heterocycles. The zero-order chi connectivity index (χ0) is 14.5. The summed E-state index contributed by atoms with van der Waals surface area (Å²) in [5.41, 5.74) is 3.55. The lowest BCUT2D eigenvalue weighted by Crippen LogP contribution is -2.06. The van der Waals surface area contributed by atoms with E-state index in [9.17, 15) is 4.21 Å². The highest BCUT2D eigenvalue weighted by atomic mass is 35.5. The first-order chi connectivity index (χ1) is 9.60. The van der Waals surface area contributed by atoms with Crippen molar-refractivity contribution < 1.29 is 4.21 Å². The number of halogens is 1. The zero-order valence-electron chi connectivity index (χ0n) is 11.0. The van der Waals surface area contributed by atoms with E-state index in [4.69, 9.17) is 17.4 Å². The van der Waals surface area contributed by atoms with Crippen LogP contribution in [0.4, 0.5) is 0 Å². The van der Waals surface area contributed by atoms with Crippen LogP contribution in [0.1, 0.15) is 16.7 Å². The molecular formula is C15H15ClN2OS. The quantitative estimate of drug-likeness (QED) is 0.536. The molecule has 0 heterocycles. The smallest absolute Gasteiger partial charge is 0.0971 e. The maximum Gasteiger partial charge on any atom is 0.0971 e. The van der Waals surface area contributed by atoms with Crippen LogP contribution in [-0.2, 0) is 16.6 Å². The lowest BCUT2D eigenvalue weighted by Gasteiger charge is -2.07. The molecule has 20 heavy (non-hydrogen) atoms. The first-order valence-electron chi connectivity index (χ1n) is 6.03. The Labute approximate surface area is 125 Å². The predicted octanol–water partition coefficient (Wildman–Crippen LogP) is 2.93. The number of nitrogens with two attached hydrogens (primary N) is 1. The molecule has 0 aliphatic heterocycles. The van der Waals surface area contributed by atoms with Crippen molar-refractivity contribution in [2.24, 2.45) is 10.9 Å². The molecule has 0 aliphatic carbocycles. The summed E-state index contributed by atoms with van der Waals surface area (Å²) in [5, 5.41) is 4.53. The second-order valence-corrected chi connectivity index (χ2v) is 6.27. The Kier molecular flexibility index (Phi) is 4.93. The van der Waals surface area contributed by atoms with Gasteiger partial charge in [-0.25, -0.2) is 0 Å². The lowest BCUT2D eigenvalue weighted by atomic mass is 10.0. The largest absolute Gasteiger partial charge is 0.323 e. The fourth-order valence-corrected chi connectivity index (χ4v) is 2.70. The summed E-state index contributed by atoms with van der Waals surface area (Å²) in [6.07, 6.45) is 1.69. The molecule has 0 bridgehead atoms. The van der Waals surface area contributed by atoms with E-state index in [0.717, 1.165) is 16.7 Å². The summed E-state index contributed by atoms with van der Waals surface area (Å²) in [6, 6.07) is 15.1. The third-order valence-electron chi connectivity index (χ3n) is 2.84. The number of hydrogen-bond acceptors (Lipinski definition) is 3. The summed E-state index contributed by atoms with van der Waals surface area (Å²) in [4.78, 5) is 0. The molecule has 1 atom stereocenters. The zero-order valence-corrected chi connectivity index (χ0v) is 12.6. The summed E-state index contributed by atoms with van der Waals surface area (Å²) in [7, 11) is -0.844. The van der Waals surface area contributed by atoms with E-state index in [-0.39, 0.29) is 0 Å². The van der Waals surface area contributed by atoms with Gasteiger partial charge in [-0.05, 0) is 17.7 Å². The Balaban J connectivity index is 2.28. The topological polar surface area (TPSA) is 55.5 Å². The van der Waals surface area contributed by atoms with Gasteiger partial charge in [-0.3, -0.25) is 4.21 Å². The van der Waals surface area contributed by atoms with Crippen LogP contribution in [0, 0.1) is 0 Å². The minimum Gasteiger partial charge on any atom is -0.323 e. The first-order valence-corrected chi connectivity index (χ1v) is 8.14. The molecule has 0 saturated carbocycles. The van der Waals surface area contributed by atoms with E-state index >= 15 is 0 Å². The summed E-state index contributed by atoms with van der Waals surface area (Å²) in [5.74, 6) is 6.05. The summed E-state index contributed by atoms with van der Waals surface area (Å²) < 4.78 is 11.2. The molecule has 2 rings (SSSR count). The van der Waals surface area contributed by atoms with Gasteiger partial charge in [0.25, 0.3) is 0 Å². The van der Waals surface area contributed by atoms with Crippen LogP contribution in [0.25, 0.3) is 0 Å². The molecule has 2 N–H and O–H groups in total. The lowest BCUT2D eigenvalue weighted by molar-refractivity contribution is 0.686. The molecule has 2 aromatic rings. The SMILES string of the molecule is CS(=O)Cc1ccc(C(=NN)c2ccc(Cl)cc2)cc1. The van der Waals surface area contributed by atoms with Gasteiger partial charge in [-0.15, -0.1) is 0 Å². The molecular weight excluding hydrogens is 292 g/mol. The molecule has 5 heteroatoms. The van der Waals surface area contributed by atoms with Crippen LogP contribution in [-0.4, -0.2) is 16.2 Å². The molecule has 0 fully saturated rings. The normalized spacial score (nSPS) is 13.2. The van der Waals surface area contributed by atoms with Crippen molar-refractivity contribution in [3.63, 3.8) is 0 Å². The third kappa shape index (κ3) is 3.68. The van der Waals surface area contributed by atoms with Gasteiger partial charge in [0.05, 0.1) is 5.71 Å². The second kappa shape index (κ2) is 6.68. The number of rotatable bonds is 4. The molecule has 2 aromatic carbocycles. The number of nitrogens with zero attached hydrogens (tertiary/aromatic N) is 1. The van der Waals surface area contributed by atoms with E-state index in [1.807, 2.05) is 36.4 Å². The molecule has 1 unspecified atom stereocenters. The highest BCUT2D eigenvalue weighted by molar-refractivity contribution is 7.83. The Hall–Kier alpha value is -1.65. The van der Waals surface area contributed by atoms with E-state index in [0.29, 0.717) is 16.5 Å². The van der Waals surface area contributed by atoms with Crippen molar-refractivity contribution in [3.05, 3.63) is 70.2 Å². The summed E-state index contributed by atoms with van der Waals surface area (Å²) in [6.45, 7) is 0. The van der Waals surface area contributed by atoms with Crippen LogP contribution in [0.3, 0.4) is 0 Å². The van der Waals surface area contributed by atoms with Crippen LogP contribution < -0.4 is 5.84 Å². The Morgan fingerprint density at radius 2 is 1.60 bits per heavy atom. The van der Waals surface area contributed by atoms with Crippen molar-refractivity contribution in [1.29, 1.82) is 0 Å². The van der Waals surface area contributed by atoms with Gasteiger partial charge in [-0.1, -0.05) is 48.0 Å². The van der Waals surface area contributed by atoms with Crippen molar-refractivity contribution in [3.8, 4) is 0 Å². The molecule has 0 aliphatic rings. The van der Waals surface area contributed by atoms with Crippen LogP contribution in [0.2, 0.25) is 5.02 Å². The van der Waals surface area contributed by atoms with Crippen LogP contribution in [0.15, 0.2) is 53.6 Å². The molecule has 3 nitrogen and oxygen atoms in total.